The predicted molar refractivity (Wildman–Crippen MR) is 68.1 cm³/mol. The van der Waals surface area contributed by atoms with Gasteiger partial charge in [-0.15, -0.1) is 0 Å². The van der Waals surface area contributed by atoms with Gasteiger partial charge in [0, 0.05) is 25.1 Å². The van der Waals surface area contributed by atoms with Crippen molar-refractivity contribution in [2.45, 2.75) is 38.4 Å². The minimum atomic E-state index is -0.410. The van der Waals surface area contributed by atoms with Gasteiger partial charge in [0.2, 0.25) is 0 Å². The molecule has 0 fully saturated rings. The predicted octanol–water partition coefficient (Wildman–Crippen LogP) is 2.44. The second-order valence-corrected chi connectivity index (χ2v) is 5.17. The summed E-state index contributed by atoms with van der Waals surface area (Å²) in [5.74, 6) is 0.891. The highest BCUT2D eigenvalue weighted by molar-refractivity contribution is 5.41. The van der Waals surface area contributed by atoms with Crippen LogP contribution in [0.5, 0.6) is 5.75 Å². The molecule has 0 saturated carbocycles. The van der Waals surface area contributed by atoms with Crippen molar-refractivity contribution in [2.24, 2.45) is 5.73 Å². The maximum Gasteiger partial charge on any atom is 0.126 e. The summed E-state index contributed by atoms with van der Waals surface area (Å²) < 4.78 is 12.0. The third kappa shape index (κ3) is 2.17. The SMILES string of the molecule is CCOC1(CN)CC(C)(C)Oc2ccccc21. The Kier molecular flexibility index (Phi) is 3.15. The van der Waals surface area contributed by atoms with E-state index < -0.39 is 5.60 Å². The molecule has 1 aliphatic heterocycles. The van der Waals surface area contributed by atoms with Crippen LogP contribution in [0, 0.1) is 0 Å². The Labute approximate surface area is 103 Å². The third-order valence-corrected chi connectivity index (χ3v) is 3.23. The van der Waals surface area contributed by atoms with Crippen molar-refractivity contribution in [3.63, 3.8) is 0 Å². The van der Waals surface area contributed by atoms with Gasteiger partial charge in [0.1, 0.15) is 17.0 Å². The molecule has 0 saturated heterocycles. The summed E-state index contributed by atoms with van der Waals surface area (Å²) in [7, 11) is 0. The second kappa shape index (κ2) is 4.31. The molecule has 17 heavy (non-hydrogen) atoms. The number of hydrogen-bond acceptors (Lipinski definition) is 3. The average molecular weight is 235 g/mol. The van der Waals surface area contributed by atoms with E-state index in [0.29, 0.717) is 13.2 Å². The van der Waals surface area contributed by atoms with Crippen molar-refractivity contribution in [3.05, 3.63) is 29.8 Å². The average Bonchev–Trinajstić information content (AvgIpc) is 2.28. The summed E-state index contributed by atoms with van der Waals surface area (Å²) in [6.45, 7) is 7.29. The lowest BCUT2D eigenvalue weighted by Gasteiger charge is -2.45. The lowest BCUT2D eigenvalue weighted by Crippen LogP contribution is -2.49. The van der Waals surface area contributed by atoms with Gasteiger partial charge in [-0.2, -0.15) is 0 Å². The number of ether oxygens (including phenoxy) is 2. The number of para-hydroxylation sites is 1. The monoisotopic (exact) mass is 235 g/mol. The summed E-state index contributed by atoms with van der Waals surface area (Å²) in [5.41, 5.74) is 6.40. The van der Waals surface area contributed by atoms with Crippen LogP contribution in [-0.2, 0) is 10.3 Å². The van der Waals surface area contributed by atoms with Crippen LogP contribution in [0.4, 0.5) is 0 Å². The minimum absolute atomic E-state index is 0.247. The lowest BCUT2D eigenvalue weighted by molar-refractivity contribution is -0.102. The minimum Gasteiger partial charge on any atom is -0.487 e. The van der Waals surface area contributed by atoms with Crippen LogP contribution in [0.2, 0.25) is 0 Å². The number of fused-ring (bicyclic) bond motifs is 1. The zero-order valence-corrected chi connectivity index (χ0v) is 10.8. The van der Waals surface area contributed by atoms with Crippen molar-refractivity contribution in [2.75, 3.05) is 13.2 Å². The van der Waals surface area contributed by atoms with Gasteiger partial charge in [0.15, 0.2) is 0 Å². The van der Waals surface area contributed by atoms with Crippen molar-refractivity contribution in [3.8, 4) is 5.75 Å². The molecule has 94 valence electrons. The van der Waals surface area contributed by atoms with Crippen LogP contribution in [0.15, 0.2) is 24.3 Å². The maximum atomic E-state index is 5.99. The molecule has 0 aliphatic carbocycles. The largest absolute Gasteiger partial charge is 0.487 e. The first-order chi connectivity index (χ1) is 8.03. The normalized spacial score (nSPS) is 26.1. The molecule has 0 radical (unpaired) electrons. The third-order valence-electron chi connectivity index (χ3n) is 3.23. The first-order valence-electron chi connectivity index (χ1n) is 6.15. The van der Waals surface area contributed by atoms with Crippen molar-refractivity contribution in [1.82, 2.24) is 0 Å². The van der Waals surface area contributed by atoms with Crippen LogP contribution in [0.3, 0.4) is 0 Å². The van der Waals surface area contributed by atoms with Gasteiger partial charge in [0.25, 0.3) is 0 Å². The highest BCUT2D eigenvalue weighted by Gasteiger charge is 2.44. The molecular weight excluding hydrogens is 214 g/mol. The molecule has 0 aromatic heterocycles. The summed E-state index contributed by atoms with van der Waals surface area (Å²) in [4.78, 5) is 0. The van der Waals surface area contributed by atoms with Gasteiger partial charge >= 0.3 is 0 Å². The molecule has 2 rings (SSSR count). The zero-order valence-electron chi connectivity index (χ0n) is 10.8. The Morgan fingerprint density at radius 1 is 1.35 bits per heavy atom. The van der Waals surface area contributed by atoms with Gasteiger partial charge in [-0.1, -0.05) is 18.2 Å². The van der Waals surface area contributed by atoms with E-state index in [-0.39, 0.29) is 5.60 Å². The molecular formula is C14H21NO2. The molecule has 1 aromatic rings. The van der Waals surface area contributed by atoms with E-state index in [4.69, 9.17) is 15.2 Å². The summed E-state index contributed by atoms with van der Waals surface area (Å²) in [5, 5.41) is 0. The molecule has 0 amide bonds. The smallest absolute Gasteiger partial charge is 0.126 e. The lowest BCUT2D eigenvalue weighted by atomic mass is 9.80. The van der Waals surface area contributed by atoms with E-state index >= 15 is 0 Å². The van der Waals surface area contributed by atoms with Gasteiger partial charge in [-0.3, -0.25) is 0 Å². The number of nitrogens with two attached hydrogens (primary N) is 1. The van der Waals surface area contributed by atoms with Gasteiger partial charge in [-0.05, 0) is 26.8 Å². The summed E-state index contributed by atoms with van der Waals surface area (Å²) >= 11 is 0. The number of rotatable bonds is 3. The molecule has 1 unspecified atom stereocenters. The summed E-state index contributed by atoms with van der Waals surface area (Å²) in [6, 6.07) is 8.02. The van der Waals surface area contributed by atoms with Crippen LogP contribution < -0.4 is 10.5 Å². The fraction of sp³-hybridized carbons (Fsp3) is 0.571. The van der Waals surface area contributed by atoms with Crippen LogP contribution >= 0.6 is 0 Å². The molecule has 1 aliphatic rings. The van der Waals surface area contributed by atoms with Crippen LogP contribution in [0.1, 0.15) is 32.8 Å². The van der Waals surface area contributed by atoms with E-state index in [2.05, 4.69) is 13.8 Å². The fourth-order valence-electron chi connectivity index (χ4n) is 2.69. The zero-order chi connectivity index (χ0) is 12.5. The molecule has 0 bridgehead atoms. The Morgan fingerprint density at radius 2 is 2.06 bits per heavy atom. The Bertz CT molecular complexity index is 403. The standard InChI is InChI=1S/C14H21NO2/c1-4-16-14(10-15)9-13(2,3)17-12-8-6-5-7-11(12)14/h5-8H,4,9-10,15H2,1-3H3. The Balaban J connectivity index is 2.51. The molecule has 3 nitrogen and oxygen atoms in total. The molecule has 3 heteroatoms. The first-order valence-corrected chi connectivity index (χ1v) is 6.15. The Hall–Kier alpha value is -1.06. The first kappa shape index (κ1) is 12.4. The van der Waals surface area contributed by atoms with Gasteiger partial charge in [0.05, 0.1) is 0 Å². The van der Waals surface area contributed by atoms with Crippen LogP contribution in [-0.4, -0.2) is 18.8 Å². The number of hydrogen-bond donors (Lipinski definition) is 1. The maximum absolute atomic E-state index is 5.99. The highest BCUT2D eigenvalue weighted by atomic mass is 16.5. The molecule has 1 heterocycles. The molecule has 1 atom stereocenters. The molecule has 0 spiro atoms. The summed E-state index contributed by atoms with van der Waals surface area (Å²) in [6.07, 6.45) is 0.779. The van der Waals surface area contributed by atoms with E-state index in [9.17, 15) is 0 Å². The second-order valence-electron chi connectivity index (χ2n) is 5.17. The van der Waals surface area contributed by atoms with Crippen molar-refractivity contribution < 1.29 is 9.47 Å². The van der Waals surface area contributed by atoms with E-state index in [1.165, 1.54) is 0 Å². The van der Waals surface area contributed by atoms with Crippen LogP contribution in [0.25, 0.3) is 0 Å². The molecule has 2 N–H and O–H groups in total. The van der Waals surface area contributed by atoms with E-state index in [0.717, 1.165) is 17.7 Å². The molecule has 1 aromatic carbocycles. The van der Waals surface area contributed by atoms with E-state index in [1.54, 1.807) is 0 Å². The topological polar surface area (TPSA) is 44.5 Å². The quantitative estimate of drug-likeness (QED) is 0.875. The van der Waals surface area contributed by atoms with Gasteiger partial charge in [-0.25, -0.2) is 0 Å². The van der Waals surface area contributed by atoms with Crippen molar-refractivity contribution in [1.29, 1.82) is 0 Å². The highest BCUT2D eigenvalue weighted by Crippen LogP contribution is 2.45. The fourth-order valence-corrected chi connectivity index (χ4v) is 2.69. The van der Waals surface area contributed by atoms with Gasteiger partial charge < -0.3 is 15.2 Å². The number of benzene rings is 1. The van der Waals surface area contributed by atoms with E-state index in [1.807, 2.05) is 31.2 Å². The van der Waals surface area contributed by atoms with Crippen molar-refractivity contribution >= 4 is 0 Å². The Morgan fingerprint density at radius 3 is 2.71 bits per heavy atom.